The fraction of sp³-hybridized carbons (Fsp3) is 0.800. The number of rotatable bonds is 5. The van der Waals surface area contributed by atoms with Gasteiger partial charge in [-0.1, -0.05) is 27.7 Å². The van der Waals surface area contributed by atoms with E-state index >= 15 is 0 Å². The molecule has 0 aromatic heterocycles. The summed E-state index contributed by atoms with van der Waals surface area (Å²) in [4.78, 5) is 37.1. The molecule has 6 nitrogen and oxygen atoms in total. The van der Waals surface area contributed by atoms with Gasteiger partial charge in [0, 0.05) is 19.0 Å². The molecule has 1 saturated heterocycles. The summed E-state index contributed by atoms with van der Waals surface area (Å²) in [6.45, 7) is 8.25. The van der Waals surface area contributed by atoms with E-state index in [1.165, 1.54) is 0 Å². The van der Waals surface area contributed by atoms with E-state index in [0.717, 1.165) is 6.42 Å². The number of carboxylic acid groups (broad SMARTS) is 1. The van der Waals surface area contributed by atoms with Crippen molar-refractivity contribution in [1.82, 2.24) is 10.2 Å². The molecule has 0 aromatic rings. The summed E-state index contributed by atoms with van der Waals surface area (Å²) in [5, 5.41) is 11.7. The molecule has 0 aliphatic carbocycles. The van der Waals surface area contributed by atoms with E-state index < -0.39 is 12.0 Å². The number of amides is 2. The van der Waals surface area contributed by atoms with Crippen LogP contribution in [0.2, 0.25) is 0 Å². The third-order valence-corrected chi connectivity index (χ3v) is 3.83. The summed E-state index contributed by atoms with van der Waals surface area (Å²) in [6, 6.07) is -0.881. The number of carbonyl (C=O) groups is 3. The molecule has 2 amide bonds. The van der Waals surface area contributed by atoms with Crippen LogP contribution < -0.4 is 5.32 Å². The maximum absolute atomic E-state index is 12.2. The number of nitrogens with one attached hydrogen (secondary N) is 1. The second-order valence-electron chi connectivity index (χ2n) is 6.35. The molecule has 2 unspecified atom stereocenters. The molecule has 2 atom stereocenters. The van der Waals surface area contributed by atoms with Gasteiger partial charge in [-0.05, 0) is 18.8 Å². The topological polar surface area (TPSA) is 86.7 Å². The monoisotopic (exact) mass is 298 g/mol. The van der Waals surface area contributed by atoms with E-state index in [2.05, 4.69) is 5.32 Å². The fourth-order valence-electron chi connectivity index (χ4n) is 2.54. The van der Waals surface area contributed by atoms with Crippen molar-refractivity contribution in [2.45, 2.75) is 46.6 Å². The highest BCUT2D eigenvalue weighted by Crippen LogP contribution is 2.19. The summed E-state index contributed by atoms with van der Waals surface area (Å²) in [6.07, 6.45) is 1.47. The van der Waals surface area contributed by atoms with E-state index in [1.807, 2.05) is 13.8 Å². The van der Waals surface area contributed by atoms with Gasteiger partial charge < -0.3 is 15.3 Å². The van der Waals surface area contributed by atoms with Crippen LogP contribution in [-0.2, 0) is 14.4 Å². The zero-order chi connectivity index (χ0) is 16.2. The predicted octanol–water partition coefficient (Wildman–Crippen LogP) is 1.11. The number of likely N-dealkylation sites (tertiary alicyclic amines) is 1. The quantitative estimate of drug-likeness (QED) is 0.796. The highest BCUT2D eigenvalue weighted by molar-refractivity contribution is 5.86. The number of hydrogen-bond donors (Lipinski definition) is 2. The minimum Gasteiger partial charge on any atom is -0.480 e. The fourth-order valence-corrected chi connectivity index (χ4v) is 2.54. The molecule has 21 heavy (non-hydrogen) atoms. The van der Waals surface area contributed by atoms with Gasteiger partial charge >= 0.3 is 5.97 Å². The summed E-state index contributed by atoms with van der Waals surface area (Å²) < 4.78 is 0. The second kappa shape index (κ2) is 7.43. The molecule has 0 radical (unpaired) electrons. The van der Waals surface area contributed by atoms with E-state index in [9.17, 15) is 14.4 Å². The van der Waals surface area contributed by atoms with E-state index in [4.69, 9.17) is 5.11 Å². The van der Waals surface area contributed by atoms with Crippen molar-refractivity contribution in [2.24, 2.45) is 17.8 Å². The third-order valence-electron chi connectivity index (χ3n) is 3.83. The SMILES string of the molecule is CC(C)C(=O)N1CCCC(C(=O)NC(C(=O)O)C(C)C)C1. The van der Waals surface area contributed by atoms with E-state index in [-0.39, 0.29) is 29.6 Å². The van der Waals surface area contributed by atoms with Crippen molar-refractivity contribution in [1.29, 1.82) is 0 Å². The van der Waals surface area contributed by atoms with Gasteiger partial charge in [0.1, 0.15) is 6.04 Å². The largest absolute Gasteiger partial charge is 0.480 e. The van der Waals surface area contributed by atoms with Gasteiger partial charge in [-0.3, -0.25) is 9.59 Å². The molecule has 0 bridgehead atoms. The molecule has 2 N–H and O–H groups in total. The van der Waals surface area contributed by atoms with Gasteiger partial charge in [-0.15, -0.1) is 0 Å². The van der Waals surface area contributed by atoms with Crippen LogP contribution in [0.3, 0.4) is 0 Å². The zero-order valence-corrected chi connectivity index (χ0v) is 13.3. The van der Waals surface area contributed by atoms with Gasteiger partial charge in [0.15, 0.2) is 0 Å². The van der Waals surface area contributed by atoms with Crippen LogP contribution in [0.25, 0.3) is 0 Å². The molecule has 1 rings (SSSR count). The van der Waals surface area contributed by atoms with Crippen molar-refractivity contribution in [3.05, 3.63) is 0 Å². The summed E-state index contributed by atoms with van der Waals surface area (Å²) in [7, 11) is 0. The molecular formula is C15H26N2O4. The molecule has 1 aliphatic rings. The molecule has 0 aromatic carbocycles. The average molecular weight is 298 g/mol. The van der Waals surface area contributed by atoms with Crippen molar-refractivity contribution in [3.63, 3.8) is 0 Å². The smallest absolute Gasteiger partial charge is 0.326 e. The maximum atomic E-state index is 12.2. The Morgan fingerprint density at radius 1 is 1.19 bits per heavy atom. The molecule has 120 valence electrons. The lowest BCUT2D eigenvalue weighted by Gasteiger charge is -2.34. The molecule has 0 saturated carbocycles. The molecular weight excluding hydrogens is 272 g/mol. The number of carboxylic acids is 1. The second-order valence-corrected chi connectivity index (χ2v) is 6.35. The van der Waals surface area contributed by atoms with Crippen LogP contribution in [0.5, 0.6) is 0 Å². The van der Waals surface area contributed by atoms with Crippen molar-refractivity contribution < 1.29 is 19.5 Å². The number of hydrogen-bond acceptors (Lipinski definition) is 3. The lowest BCUT2D eigenvalue weighted by atomic mass is 9.95. The number of carbonyl (C=O) groups excluding carboxylic acids is 2. The van der Waals surface area contributed by atoms with Crippen LogP contribution in [0, 0.1) is 17.8 Å². The Kier molecular flexibility index (Phi) is 6.18. The number of piperidine rings is 1. The molecule has 0 spiro atoms. The van der Waals surface area contributed by atoms with Gasteiger partial charge in [0.25, 0.3) is 0 Å². The molecule has 1 heterocycles. The number of aliphatic carboxylic acids is 1. The van der Waals surface area contributed by atoms with Crippen LogP contribution >= 0.6 is 0 Å². The highest BCUT2D eigenvalue weighted by atomic mass is 16.4. The molecule has 6 heteroatoms. The summed E-state index contributed by atoms with van der Waals surface area (Å²) >= 11 is 0. The van der Waals surface area contributed by atoms with E-state index in [1.54, 1.807) is 18.7 Å². The first-order valence-corrected chi connectivity index (χ1v) is 7.56. The molecule has 1 aliphatic heterocycles. The normalized spacial score (nSPS) is 20.5. The minimum absolute atomic E-state index is 0.0474. The first-order chi connectivity index (χ1) is 9.73. The van der Waals surface area contributed by atoms with Gasteiger partial charge in [-0.25, -0.2) is 4.79 Å². The predicted molar refractivity (Wildman–Crippen MR) is 78.5 cm³/mol. The van der Waals surface area contributed by atoms with Crippen molar-refractivity contribution in [2.75, 3.05) is 13.1 Å². The van der Waals surface area contributed by atoms with E-state index in [0.29, 0.717) is 19.5 Å². The first-order valence-electron chi connectivity index (χ1n) is 7.56. The number of nitrogens with zero attached hydrogens (tertiary/aromatic N) is 1. The molecule has 1 fully saturated rings. The summed E-state index contributed by atoms with van der Waals surface area (Å²) in [5.41, 5.74) is 0. The highest BCUT2D eigenvalue weighted by Gasteiger charge is 2.32. The Labute approximate surface area is 125 Å². The first kappa shape index (κ1) is 17.5. The average Bonchev–Trinajstić information content (AvgIpc) is 2.42. The Morgan fingerprint density at radius 3 is 2.29 bits per heavy atom. The summed E-state index contributed by atoms with van der Waals surface area (Å²) in [5.74, 6) is -1.83. The van der Waals surface area contributed by atoms with Gasteiger partial charge in [0.05, 0.1) is 5.92 Å². The minimum atomic E-state index is -1.02. The zero-order valence-electron chi connectivity index (χ0n) is 13.3. The van der Waals surface area contributed by atoms with Crippen molar-refractivity contribution in [3.8, 4) is 0 Å². The van der Waals surface area contributed by atoms with Crippen LogP contribution in [-0.4, -0.2) is 46.9 Å². The Balaban J connectivity index is 2.65. The Hall–Kier alpha value is -1.59. The van der Waals surface area contributed by atoms with Gasteiger partial charge in [0.2, 0.25) is 11.8 Å². The van der Waals surface area contributed by atoms with Crippen molar-refractivity contribution >= 4 is 17.8 Å². The Morgan fingerprint density at radius 2 is 1.81 bits per heavy atom. The van der Waals surface area contributed by atoms with Crippen LogP contribution in [0.15, 0.2) is 0 Å². The lowest BCUT2D eigenvalue weighted by Crippen LogP contribution is -2.51. The van der Waals surface area contributed by atoms with Crippen LogP contribution in [0.1, 0.15) is 40.5 Å². The standard InChI is InChI=1S/C15H26N2O4/c1-9(2)12(15(20)21)16-13(18)11-6-5-7-17(8-11)14(19)10(3)4/h9-12H,5-8H2,1-4H3,(H,16,18)(H,20,21). The maximum Gasteiger partial charge on any atom is 0.326 e. The third kappa shape index (κ3) is 4.72. The van der Waals surface area contributed by atoms with Gasteiger partial charge in [-0.2, -0.15) is 0 Å². The lowest BCUT2D eigenvalue weighted by molar-refractivity contribution is -0.145. The Bertz CT molecular complexity index is 406. The van der Waals surface area contributed by atoms with Crippen LogP contribution in [0.4, 0.5) is 0 Å².